The maximum Gasteiger partial charge on any atom is 0.177 e. The van der Waals surface area contributed by atoms with E-state index in [0.29, 0.717) is 83.5 Å². The molecule has 0 unspecified atom stereocenters. The monoisotopic (exact) mass is 1720 g/mol. The van der Waals surface area contributed by atoms with Gasteiger partial charge in [0, 0.05) is 120 Å². The minimum Gasteiger partial charge on any atom is -0.497 e. The Labute approximate surface area is 715 Å². The lowest BCUT2D eigenvalue weighted by molar-refractivity contribution is 0.111. The van der Waals surface area contributed by atoms with Gasteiger partial charge in [0.1, 0.15) is 104 Å². The molecular formula is C102H77BrClNO18. The number of aryl methyl sites for hydroxylation is 1. The van der Waals surface area contributed by atoms with Crippen LogP contribution in [0.25, 0.3) is 154 Å². The highest BCUT2D eigenvalue weighted by Crippen LogP contribution is 2.43. The van der Waals surface area contributed by atoms with Crippen molar-refractivity contribution < 1.29 is 83.4 Å². The molecule has 21 heteroatoms. The number of hydrogen-bond donors (Lipinski definition) is 0. The van der Waals surface area contributed by atoms with Gasteiger partial charge >= 0.3 is 0 Å². The van der Waals surface area contributed by atoms with Gasteiger partial charge in [-0.3, -0.25) is 33.6 Å². The minimum atomic E-state index is 0.456. The summed E-state index contributed by atoms with van der Waals surface area (Å²) in [6.45, 7) is 9.34. The van der Waals surface area contributed by atoms with E-state index >= 15 is 0 Å². The van der Waals surface area contributed by atoms with Crippen LogP contribution in [0.1, 0.15) is 97.5 Å². The van der Waals surface area contributed by atoms with Crippen LogP contribution in [0.5, 0.6) is 23.0 Å². The number of hydrogen-bond acceptors (Lipinski definition) is 19. The van der Waals surface area contributed by atoms with Gasteiger partial charge in [0.05, 0.1) is 39.0 Å². The van der Waals surface area contributed by atoms with Gasteiger partial charge in [0.2, 0.25) is 0 Å². The molecule has 0 aliphatic carbocycles. The van der Waals surface area contributed by atoms with Gasteiger partial charge in [0.15, 0.2) is 41.5 Å². The molecule has 123 heavy (non-hydrogen) atoms. The summed E-state index contributed by atoms with van der Waals surface area (Å²) >= 11 is 9.62. The van der Waals surface area contributed by atoms with E-state index in [1.54, 1.807) is 63.8 Å². The highest BCUT2D eigenvalue weighted by atomic mass is 79.9. The second kappa shape index (κ2) is 37.3. The first-order valence-electron chi connectivity index (χ1n) is 39.1. The smallest absolute Gasteiger partial charge is 0.177 e. The van der Waals surface area contributed by atoms with Crippen molar-refractivity contribution in [2.45, 2.75) is 27.2 Å². The van der Waals surface area contributed by atoms with Crippen LogP contribution in [-0.2, 0) is 6.42 Å². The molecule has 0 N–H and O–H groups in total. The van der Waals surface area contributed by atoms with Gasteiger partial charge in [-0.25, -0.2) is 0 Å². The molecular weight excluding hydrogens is 1640 g/mol. The van der Waals surface area contributed by atoms with Crippen molar-refractivity contribution in [2.24, 2.45) is 0 Å². The van der Waals surface area contributed by atoms with Crippen LogP contribution in [0.3, 0.4) is 0 Å². The SMILES string of the molecule is CCN(CC)CCc1cc(C=O)cc2c1oc1ccccc12.COc1ccc2oc3cc(C=O)c(OC)cc3c2c1.COc1cccc2c1oc1c(OC)cc(C=O)cc12.Cc1cc(C=O)cc2c1oc1ccccc12.O=Cc1ccc2oc3ccccc3c2c1.O=Cc1ccc2oc3ccccc3c2c1Br.O=Cc1ccc2oc3ccccc3c2c1Cl. The molecule has 21 aromatic rings. The molecule has 0 fully saturated rings. The molecule has 0 spiro atoms. The van der Waals surface area contributed by atoms with Crippen molar-refractivity contribution >= 4 is 225 Å². The van der Waals surface area contributed by atoms with Crippen molar-refractivity contribution in [3.8, 4) is 23.0 Å². The number of nitrogens with zero attached hydrogens (tertiary/aromatic N) is 1. The lowest BCUT2D eigenvalue weighted by Gasteiger charge is -2.17. The molecule has 0 radical (unpaired) electrons. The average Bonchev–Trinajstić information content (AvgIpc) is 1.62. The molecule has 0 atom stereocenters. The third-order valence-electron chi connectivity index (χ3n) is 21.2. The molecule has 14 aromatic carbocycles. The predicted octanol–water partition coefficient (Wildman–Crippen LogP) is 26.4. The Hall–Kier alpha value is -14.7. The summed E-state index contributed by atoms with van der Waals surface area (Å²) in [5.41, 5.74) is 17.3. The number of carbonyl (C=O) groups excluding carboxylic acids is 7. The first kappa shape index (κ1) is 83.4. The zero-order valence-electron chi connectivity index (χ0n) is 67.6. The van der Waals surface area contributed by atoms with E-state index in [-0.39, 0.29) is 0 Å². The molecule has 612 valence electrons. The highest BCUT2D eigenvalue weighted by Gasteiger charge is 2.21. The summed E-state index contributed by atoms with van der Waals surface area (Å²) in [6, 6.07) is 77.3. The maximum absolute atomic E-state index is 11.3. The fourth-order valence-corrected chi connectivity index (χ4v) is 16.0. The van der Waals surface area contributed by atoms with Crippen LogP contribution in [0.15, 0.2) is 284 Å². The standard InChI is InChI=1S/C19H21NO2.2C15H12O4.C14H10O2.C13H7BrO2.C13H7ClO2.C13H8O2/c1-3-20(4-2)10-9-15-11-14(13-21)12-17-16-7-5-6-8-18(16)22-19(15)17;1-17-10-3-4-13-11(6-10)12-7-14(18-2)9(8-16)5-15(12)19-13;1-17-12-5-3-4-10-11-6-9(8-16)7-13(18-2)15(11)19-14(10)12;1-9-6-10(8-15)7-12-11-4-2-3-5-13(11)16-14(9)12;2*14-13-8(7-15)5-6-11-12(13)9-3-1-2-4-10(9)16-11;14-8-9-5-6-13-11(7-9)10-3-1-2-4-12(10)15-13/h5-8,11-13H,3-4,9-10H2,1-2H3;2*3-8H,1-2H3;2-8H,1H3;2*1-7H;1-8H. The minimum absolute atomic E-state index is 0.456. The molecule has 7 heterocycles. The zero-order chi connectivity index (χ0) is 86.0. The second-order valence-electron chi connectivity index (χ2n) is 28.4. The van der Waals surface area contributed by atoms with E-state index in [1.165, 1.54) is 7.11 Å². The van der Waals surface area contributed by atoms with Crippen molar-refractivity contribution in [2.75, 3.05) is 48.1 Å². The third-order valence-corrected chi connectivity index (χ3v) is 22.5. The summed E-state index contributed by atoms with van der Waals surface area (Å²) in [5, 5.41) is 14.0. The second-order valence-corrected chi connectivity index (χ2v) is 29.6. The van der Waals surface area contributed by atoms with E-state index in [4.69, 9.17) is 61.5 Å². The van der Waals surface area contributed by atoms with Gasteiger partial charge < -0.3 is 54.8 Å². The number of aldehydes is 7. The van der Waals surface area contributed by atoms with Crippen LogP contribution in [-0.4, -0.2) is 97.0 Å². The normalized spacial score (nSPS) is 11.1. The lowest BCUT2D eigenvalue weighted by Crippen LogP contribution is -2.25. The number of rotatable bonds is 16. The van der Waals surface area contributed by atoms with Crippen molar-refractivity contribution in [1.82, 2.24) is 4.90 Å². The molecule has 0 aliphatic rings. The van der Waals surface area contributed by atoms with Gasteiger partial charge in [-0.05, 0) is 199 Å². The summed E-state index contributed by atoms with van der Waals surface area (Å²) < 4.78 is 62.1. The summed E-state index contributed by atoms with van der Waals surface area (Å²) in [6.07, 6.45) is 6.67. The Kier molecular flexibility index (Phi) is 25.3. The fourth-order valence-electron chi connectivity index (χ4n) is 15.1. The summed E-state index contributed by atoms with van der Waals surface area (Å²) in [7, 11) is 6.30. The molecule has 0 saturated carbocycles. The van der Waals surface area contributed by atoms with Gasteiger partial charge in [-0.2, -0.15) is 0 Å². The summed E-state index contributed by atoms with van der Waals surface area (Å²) in [4.78, 5) is 78.8. The number of carbonyl (C=O) groups is 7. The molecule has 7 aromatic heterocycles. The van der Waals surface area contributed by atoms with Crippen molar-refractivity contribution in [3.63, 3.8) is 0 Å². The predicted molar refractivity (Wildman–Crippen MR) is 489 cm³/mol. The van der Waals surface area contributed by atoms with Crippen LogP contribution in [0, 0.1) is 6.92 Å². The Balaban J connectivity index is 0.000000112. The van der Waals surface area contributed by atoms with E-state index in [1.807, 2.05) is 213 Å². The number of furan rings is 7. The third kappa shape index (κ3) is 16.9. The largest absolute Gasteiger partial charge is 0.497 e. The van der Waals surface area contributed by atoms with E-state index in [9.17, 15) is 33.6 Å². The van der Waals surface area contributed by atoms with Crippen molar-refractivity contribution in [3.05, 3.63) is 308 Å². The van der Waals surface area contributed by atoms with Crippen LogP contribution < -0.4 is 18.9 Å². The zero-order valence-corrected chi connectivity index (χ0v) is 69.9. The van der Waals surface area contributed by atoms with E-state index < -0.39 is 0 Å². The first-order valence-corrected chi connectivity index (χ1v) is 40.3. The molecule has 0 saturated heterocycles. The first-order chi connectivity index (χ1) is 60.1. The number of halogens is 2. The number of fused-ring (bicyclic) bond motifs is 21. The molecule has 19 nitrogen and oxygen atoms in total. The molecule has 0 amide bonds. The number of ether oxygens (including phenoxy) is 4. The Morgan fingerprint density at radius 2 is 0.748 bits per heavy atom. The molecule has 21 rings (SSSR count). The number of benzene rings is 14. The van der Waals surface area contributed by atoms with Crippen molar-refractivity contribution in [1.29, 1.82) is 0 Å². The fraction of sp³-hybridized carbons (Fsp3) is 0.108. The van der Waals surface area contributed by atoms with E-state index in [2.05, 4.69) is 34.7 Å². The Morgan fingerprint density at radius 1 is 0.317 bits per heavy atom. The molecule has 0 aliphatic heterocycles. The maximum atomic E-state index is 11.3. The Bertz CT molecular complexity index is 7460. The van der Waals surface area contributed by atoms with Crippen LogP contribution in [0.2, 0.25) is 5.02 Å². The van der Waals surface area contributed by atoms with Gasteiger partial charge in [0.25, 0.3) is 0 Å². The van der Waals surface area contributed by atoms with Crippen LogP contribution in [0.4, 0.5) is 0 Å². The Morgan fingerprint density at radius 3 is 1.33 bits per heavy atom. The molecule has 0 bridgehead atoms. The number of para-hydroxylation sites is 6. The highest BCUT2D eigenvalue weighted by molar-refractivity contribution is 9.10. The number of likely N-dealkylation sites (N-methyl/N-ethyl adjacent to an activating group) is 1. The number of methoxy groups -OCH3 is 4. The average molecular weight is 1720 g/mol. The van der Waals surface area contributed by atoms with Gasteiger partial charge in [-0.15, -0.1) is 0 Å². The van der Waals surface area contributed by atoms with Crippen LogP contribution >= 0.6 is 27.5 Å². The summed E-state index contributed by atoms with van der Waals surface area (Å²) in [5.74, 6) is 2.49. The van der Waals surface area contributed by atoms with Gasteiger partial charge in [-0.1, -0.05) is 129 Å². The lowest BCUT2D eigenvalue weighted by atomic mass is 10.0. The van der Waals surface area contributed by atoms with E-state index in [0.717, 1.165) is 223 Å². The quantitative estimate of drug-likeness (QED) is 0.0815. The topological polar surface area (TPSA) is 252 Å².